The molecule has 0 saturated carbocycles. The van der Waals surface area contributed by atoms with Gasteiger partial charge >= 0.3 is 0 Å². The number of ether oxygens (including phenoxy) is 4. The van der Waals surface area contributed by atoms with Crippen LogP contribution in [-0.4, -0.2) is 46.2 Å². The van der Waals surface area contributed by atoms with Crippen molar-refractivity contribution in [1.29, 1.82) is 0 Å². The summed E-state index contributed by atoms with van der Waals surface area (Å²) in [5.41, 5.74) is 0.780. The number of carbonyl (C=O) groups is 1. The normalized spacial score (nSPS) is 32.0. The van der Waals surface area contributed by atoms with E-state index in [1.54, 1.807) is 13.8 Å². The third-order valence-corrected chi connectivity index (χ3v) is 5.06. The second kappa shape index (κ2) is 7.56. The number of ketones is 1. The van der Waals surface area contributed by atoms with Gasteiger partial charge in [0.2, 0.25) is 5.78 Å². The van der Waals surface area contributed by atoms with Gasteiger partial charge in [0.05, 0.1) is 6.10 Å². The van der Waals surface area contributed by atoms with Crippen LogP contribution in [0, 0.1) is 11.8 Å². The van der Waals surface area contributed by atoms with E-state index in [4.69, 9.17) is 18.9 Å². The van der Waals surface area contributed by atoms with Gasteiger partial charge in [-0.1, -0.05) is 46.7 Å². The molecular weight excluding hydrogens is 447 g/mol. The van der Waals surface area contributed by atoms with Crippen LogP contribution in [0.25, 0.3) is 0 Å². The second-order valence-electron chi connectivity index (χ2n) is 7.29. The van der Waals surface area contributed by atoms with E-state index >= 15 is 0 Å². The third kappa shape index (κ3) is 4.46. The van der Waals surface area contributed by atoms with Crippen molar-refractivity contribution in [1.82, 2.24) is 0 Å². The van der Waals surface area contributed by atoms with Gasteiger partial charge in [-0.15, -0.1) is 0 Å². The van der Waals surface area contributed by atoms with Crippen molar-refractivity contribution < 1.29 is 23.7 Å². The molecular formula is C20H23IO5. The zero-order valence-corrected chi connectivity index (χ0v) is 17.5. The Morgan fingerprint density at radius 2 is 1.62 bits per heavy atom. The molecule has 0 bridgehead atoms. The largest absolute Gasteiger partial charge is 0.344 e. The summed E-state index contributed by atoms with van der Waals surface area (Å²) in [5.74, 6) is 3.67. The third-order valence-electron chi connectivity index (χ3n) is 4.19. The van der Waals surface area contributed by atoms with Crippen LogP contribution in [0.15, 0.2) is 30.3 Å². The summed E-state index contributed by atoms with van der Waals surface area (Å²) in [7, 11) is 0. The Hall–Kier alpha value is -0.980. The van der Waals surface area contributed by atoms with Gasteiger partial charge in [0.15, 0.2) is 17.7 Å². The fourth-order valence-electron chi connectivity index (χ4n) is 3.22. The molecule has 140 valence electrons. The molecule has 2 heterocycles. The number of rotatable bonds is 3. The van der Waals surface area contributed by atoms with Crippen molar-refractivity contribution in [2.45, 2.75) is 63.7 Å². The van der Waals surface area contributed by atoms with Crippen LogP contribution in [0.2, 0.25) is 0 Å². The van der Waals surface area contributed by atoms with Crippen molar-refractivity contribution in [3.63, 3.8) is 0 Å². The van der Waals surface area contributed by atoms with E-state index in [1.165, 1.54) is 0 Å². The van der Waals surface area contributed by atoms with Crippen LogP contribution in [-0.2, 0) is 23.7 Å². The van der Waals surface area contributed by atoms with Gasteiger partial charge in [-0.3, -0.25) is 4.79 Å². The second-order valence-corrected chi connectivity index (χ2v) is 8.17. The minimum Gasteiger partial charge on any atom is -0.344 e. The molecule has 0 aliphatic carbocycles. The molecule has 0 spiro atoms. The van der Waals surface area contributed by atoms with Crippen LogP contribution in [0.1, 0.15) is 33.3 Å². The predicted octanol–water partition coefficient (Wildman–Crippen LogP) is 3.08. The molecule has 2 saturated heterocycles. The number of Topliss-reactive ketones (excluding diaryl/α,β-unsaturated/α-hetero) is 1. The lowest BCUT2D eigenvalue weighted by molar-refractivity contribution is -0.175. The summed E-state index contributed by atoms with van der Waals surface area (Å²) in [6, 6.07) is 9.38. The van der Waals surface area contributed by atoms with Gasteiger partial charge in [0.1, 0.15) is 12.2 Å². The molecule has 26 heavy (non-hydrogen) atoms. The Kier molecular flexibility index (Phi) is 5.75. The summed E-state index contributed by atoms with van der Waals surface area (Å²) in [5, 5.41) is 0. The Bertz CT molecular complexity index is 719. The maximum atomic E-state index is 12.8. The lowest BCUT2D eigenvalue weighted by atomic mass is 10.0. The quantitative estimate of drug-likeness (QED) is 0.386. The van der Waals surface area contributed by atoms with E-state index in [-0.39, 0.29) is 11.9 Å². The topological polar surface area (TPSA) is 54.0 Å². The van der Waals surface area contributed by atoms with E-state index in [0.29, 0.717) is 0 Å². The summed E-state index contributed by atoms with van der Waals surface area (Å²) >= 11 is 2.25. The standard InChI is InChI=1S/C20H23IO5/c1-19(2)23-15(12-21)17(25-19)18-16(24-20(3,4)26-18)14(22)11-10-13-8-6-5-7-9-13/h5-9,15-18H,12H2,1-4H3/t15-,16+,17-,18-/m1/s1. The molecule has 0 radical (unpaired) electrons. The molecule has 0 amide bonds. The average molecular weight is 470 g/mol. The van der Waals surface area contributed by atoms with E-state index < -0.39 is 29.9 Å². The molecule has 5 nitrogen and oxygen atoms in total. The van der Waals surface area contributed by atoms with E-state index in [0.717, 1.165) is 9.99 Å². The van der Waals surface area contributed by atoms with Gasteiger partial charge in [-0.05, 0) is 45.7 Å². The smallest absolute Gasteiger partial charge is 0.237 e. The van der Waals surface area contributed by atoms with Gasteiger partial charge in [-0.2, -0.15) is 0 Å². The monoisotopic (exact) mass is 470 g/mol. The molecule has 2 fully saturated rings. The highest BCUT2D eigenvalue weighted by Gasteiger charge is 2.55. The van der Waals surface area contributed by atoms with E-state index in [1.807, 2.05) is 44.2 Å². The van der Waals surface area contributed by atoms with Crippen LogP contribution in [0.4, 0.5) is 0 Å². The van der Waals surface area contributed by atoms with Crippen LogP contribution < -0.4 is 0 Å². The lowest BCUT2D eigenvalue weighted by Crippen LogP contribution is -2.45. The van der Waals surface area contributed by atoms with Gasteiger partial charge in [0, 0.05) is 9.99 Å². The Morgan fingerprint density at radius 3 is 2.27 bits per heavy atom. The highest BCUT2D eigenvalue weighted by Crippen LogP contribution is 2.39. The number of alkyl halides is 1. The summed E-state index contributed by atoms with van der Waals surface area (Å²) < 4.78 is 24.6. The van der Waals surface area contributed by atoms with Crippen molar-refractivity contribution in [2.24, 2.45) is 0 Å². The minimum atomic E-state index is -0.884. The predicted molar refractivity (Wildman–Crippen MR) is 105 cm³/mol. The minimum absolute atomic E-state index is 0.175. The number of carbonyl (C=O) groups excluding carboxylic acids is 1. The maximum Gasteiger partial charge on any atom is 0.237 e. The molecule has 2 aliphatic rings. The van der Waals surface area contributed by atoms with Gasteiger partial charge < -0.3 is 18.9 Å². The first-order valence-electron chi connectivity index (χ1n) is 8.59. The summed E-state index contributed by atoms with van der Waals surface area (Å²) in [6.07, 6.45) is -1.94. The van der Waals surface area contributed by atoms with E-state index in [9.17, 15) is 4.79 Å². The SMILES string of the molecule is CC1(C)O[C@@H]([C@@H]2OC(C)(C)O[C@H]2C(=O)C#Cc2ccccc2)[C@@H](CI)O1. The summed E-state index contributed by atoms with van der Waals surface area (Å²) in [4.78, 5) is 12.8. The highest BCUT2D eigenvalue weighted by atomic mass is 127. The van der Waals surface area contributed by atoms with Gasteiger partial charge in [0.25, 0.3) is 0 Å². The van der Waals surface area contributed by atoms with Crippen LogP contribution in [0.3, 0.4) is 0 Å². The molecule has 0 aromatic heterocycles. The summed E-state index contributed by atoms with van der Waals surface area (Å²) in [6.45, 7) is 7.30. The van der Waals surface area contributed by atoms with Gasteiger partial charge in [-0.25, -0.2) is 0 Å². The molecule has 3 rings (SSSR count). The van der Waals surface area contributed by atoms with Crippen molar-refractivity contribution >= 4 is 28.4 Å². The highest BCUT2D eigenvalue weighted by molar-refractivity contribution is 14.1. The Labute approximate surface area is 167 Å². The number of hydrogen-bond acceptors (Lipinski definition) is 5. The number of hydrogen-bond donors (Lipinski definition) is 0. The number of benzene rings is 1. The molecule has 2 aliphatic heterocycles. The van der Waals surface area contributed by atoms with Crippen LogP contribution >= 0.6 is 22.6 Å². The zero-order chi connectivity index (χ0) is 18.9. The Balaban J connectivity index is 1.82. The fourth-order valence-corrected chi connectivity index (χ4v) is 3.90. The first-order valence-corrected chi connectivity index (χ1v) is 10.1. The van der Waals surface area contributed by atoms with Crippen molar-refractivity contribution in [3.05, 3.63) is 35.9 Å². The van der Waals surface area contributed by atoms with Crippen molar-refractivity contribution in [2.75, 3.05) is 4.43 Å². The molecule has 6 heteroatoms. The van der Waals surface area contributed by atoms with E-state index in [2.05, 4.69) is 34.4 Å². The average Bonchev–Trinajstić information content (AvgIpc) is 3.08. The van der Waals surface area contributed by atoms with Crippen LogP contribution in [0.5, 0.6) is 0 Å². The lowest BCUT2D eigenvalue weighted by Gasteiger charge is -2.24. The molecule has 1 aromatic rings. The fraction of sp³-hybridized carbons (Fsp3) is 0.550. The van der Waals surface area contributed by atoms with Crippen molar-refractivity contribution in [3.8, 4) is 11.8 Å². The molecule has 1 aromatic carbocycles. The zero-order valence-electron chi connectivity index (χ0n) is 15.3. The first kappa shape index (κ1) is 19.8. The Morgan fingerprint density at radius 1 is 1.00 bits per heavy atom. The maximum absolute atomic E-state index is 12.8. The molecule has 0 unspecified atom stereocenters. The number of halogens is 1. The molecule has 0 N–H and O–H groups in total. The first-order chi connectivity index (χ1) is 12.2. The molecule has 4 atom stereocenters.